The zero-order valence-electron chi connectivity index (χ0n) is 4.92. The van der Waals surface area contributed by atoms with Gasteiger partial charge >= 0.3 is 0 Å². The number of nitrogens with one attached hydrogen (secondary N) is 1. The van der Waals surface area contributed by atoms with Crippen LogP contribution in [0.15, 0.2) is 0 Å². The minimum absolute atomic E-state index is 0. The lowest BCUT2D eigenvalue weighted by atomic mass is 10.1. The first-order chi connectivity index (χ1) is 3.77. The van der Waals surface area contributed by atoms with Crippen molar-refractivity contribution < 1.29 is 5.11 Å². The van der Waals surface area contributed by atoms with Gasteiger partial charge in [0, 0.05) is 13.0 Å². The van der Waals surface area contributed by atoms with Gasteiger partial charge in [-0.2, -0.15) is 5.26 Å². The van der Waals surface area contributed by atoms with Gasteiger partial charge in [-0.25, -0.2) is 0 Å². The molecular formula is C5H9ClN2O. The van der Waals surface area contributed by atoms with Gasteiger partial charge < -0.3 is 10.4 Å². The summed E-state index contributed by atoms with van der Waals surface area (Å²) < 4.78 is 0. The van der Waals surface area contributed by atoms with Gasteiger partial charge in [-0.05, 0) is 6.54 Å². The van der Waals surface area contributed by atoms with E-state index >= 15 is 0 Å². The van der Waals surface area contributed by atoms with Crippen LogP contribution in [0.5, 0.6) is 0 Å². The van der Waals surface area contributed by atoms with E-state index in [4.69, 9.17) is 10.4 Å². The SMILES string of the molecule is Cl.N#CC1(O)CCNC1. The molecule has 0 amide bonds. The third kappa shape index (κ3) is 1.83. The smallest absolute Gasteiger partial charge is 0.164 e. The molecule has 3 nitrogen and oxygen atoms in total. The Morgan fingerprint density at radius 2 is 2.33 bits per heavy atom. The Bertz CT molecular complexity index is 125. The molecule has 1 unspecified atom stereocenters. The molecule has 1 aliphatic rings. The normalized spacial score (nSPS) is 32.9. The number of aliphatic hydroxyl groups is 1. The molecule has 0 saturated carbocycles. The maximum Gasteiger partial charge on any atom is 0.164 e. The minimum atomic E-state index is -1.07. The molecule has 0 bridgehead atoms. The Hall–Kier alpha value is -0.300. The first-order valence-electron chi connectivity index (χ1n) is 2.61. The second-order valence-electron chi connectivity index (χ2n) is 2.07. The lowest BCUT2D eigenvalue weighted by Crippen LogP contribution is -2.28. The van der Waals surface area contributed by atoms with Crippen LogP contribution in [0.1, 0.15) is 6.42 Å². The number of halogens is 1. The van der Waals surface area contributed by atoms with Crippen molar-refractivity contribution in [2.45, 2.75) is 12.0 Å². The molecule has 0 spiro atoms. The van der Waals surface area contributed by atoms with E-state index < -0.39 is 5.60 Å². The maximum atomic E-state index is 9.08. The van der Waals surface area contributed by atoms with E-state index in [0.717, 1.165) is 6.54 Å². The molecule has 9 heavy (non-hydrogen) atoms. The predicted octanol–water partition coefficient (Wildman–Crippen LogP) is -0.344. The fraction of sp³-hybridized carbons (Fsp3) is 0.800. The predicted molar refractivity (Wildman–Crippen MR) is 35.3 cm³/mol. The summed E-state index contributed by atoms with van der Waals surface area (Å²) in [6, 6.07) is 1.83. The van der Waals surface area contributed by atoms with Crippen LogP contribution in [0.25, 0.3) is 0 Å². The van der Waals surface area contributed by atoms with E-state index in [1.165, 1.54) is 0 Å². The summed E-state index contributed by atoms with van der Waals surface area (Å²) in [6.07, 6.45) is 0.559. The van der Waals surface area contributed by atoms with E-state index in [1.807, 2.05) is 6.07 Å². The summed E-state index contributed by atoms with van der Waals surface area (Å²) in [5.41, 5.74) is -1.07. The molecule has 0 aromatic heterocycles. The molecule has 2 N–H and O–H groups in total. The summed E-state index contributed by atoms with van der Waals surface area (Å²) in [4.78, 5) is 0. The highest BCUT2D eigenvalue weighted by Crippen LogP contribution is 2.11. The molecule has 4 heteroatoms. The Kier molecular flexibility index (Phi) is 2.92. The highest BCUT2D eigenvalue weighted by molar-refractivity contribution is 5.85. The Labute approximate surface area is 60.1 Å². The zero-order chi connectivity index (χ0) is 6.04. The molecule has 1 atom stereocenters. The fourth-order valence-electron chi connectivity index (χ4n) is 0.774. The van der Waals surface area contributed by atoms with Crippen LogP contribution in [-0.2, 0) is 0 Å². The molecule has 1 aliphatic heterocycles. The van der Waals surface area contributed by atoms with Crippen molar-refractivity contribution in [3.05, 3.63) is 0 Å². The van der Waals surface area contributed by atoms with Gasteiger partial charge in [-0.1, -0.05) is 0 Å². The maximum absolute atomic E-state index is 9.08. The summed E-state index contributed by atoms with van der Waals surface area (Å²) in [6.45, 7) is 1.17. The third-order valence-corrected chi connectivity index (χ3v) is 1.34. The van der Waals surface area contributed by atoms with Crippen molar-refractivity contribution in [3.63, 3.8) is 0 Å². The van der Waals surface area contributed by atoms with E-state index in [0.29, 0.717) is 13.0 Å². The summed E-state index contributed by atoms with van der Waals surface area (Å²) in [7, 11) is 0. The molecule has 1 rings (SSSR count). The van der Waals surface area contributed by atoms with E-state index in [2.05, 4.69) is 5.32 Å². The summed E-state index contributed by atoms with van der Waals surface area (Å²) >= 11 is 0. The first kappa shape index (κ1) is 8.70. The van der Waals surface area contributed by atoms with Gasteiger partial charge in [0.1, 0.15) is 0 Å². The van der Waals surface area contributed by atoms with Crippen molar-refractivity contribution in [2.24, 2.45) is 0 Å². The largest absolute Gasteiger partial charge is 0.374 e. The molecule has 0 aliphatic carbocycles. The molecule has 0 aromatic rings. The van der Waals surface area contributed by atoms with E-state index in [-0.39, 0.29) is 12.4 Å². The Morgan fingerprint density at radius 3 is 2.56 bits per heavy atom. The fourth-order valence-corrected chi connectivity index (χ4v) is 0.774. The van der Waals surface area contributed by atoms with Crippen molar-refractivity contribution >= 4 is 12.4 Å². The second-order valence-corrected chi connectivity index (χ2v) is 2.07. The van der Waals surface area contributed by atoms with E-state index in [1.54, 1.807) is 0 Å². The number of nitriles is 1. The van der Waals surface area contributed by atoms with Crippen molar-refractivity contribution in [1.29, 1.82) is 5.26 Å². The molecule has 1 heterocycles. The van der Waals surface area contributed by atoms with Gasteiger partial charge in [0.25, 0.3) is 0 Å². The zero-order valence-corrected chi connectivity index (χ0v) is 5.74. The summed E-state index contributed by atoms with van der Waals surface area (Å²) in [5.74, 6) is 0. The lowest BCUT2D eigenvalue weighted by molar-refractivity contribution is 0.121. The summed E-state index contributed by atoms with van der Waals surface area (Å²) in [5, 5.41) is 20.3. The van der Waals surface area contributed by atoms with Gasteiger partial charge in [-0.3, -0.25) is 0 Å². The number of nitrogens with zero attached hydrogens (tertiary/aromatic N) is 1. The average Bonchev–Trinajstić information content (AvgIpc) is 2.17. The van der Waals surface area contributed by atoms with Gasteiger partial charge in [0.15, 0.2) is 5.60 Å². The highest BCUT2D eigenvalue weighted by atomic mass is 35.5. The monoisotopic (exact) mass is 148 g/mol. The quantitative estimate of drug-likeness (QED) is 0.462. The van der Waals surface area contributed by atoms with Crippen molar-refractivity contribution in [1.82, 2.24) is 5.32 Å². The number of rotatable bonds is 0. The first-order valence-corrected chi connectivity index (χ1v) is 2.61. The molecule has 0 radical (unpaired) electrons. The molecule has 52 valence electrons. The molecule has 1 fully saturated rings. The van der Waals surface area contributed by atoms with E-state index in [9.17, 15) is 0 Å². The van der Waals surface area contributed by atoms with Gasteiger partial charge in [0.05, 0.1) is 6.07 Å². The van der Waals surface area contributed by atoms with Crippen LogP contribution in [0.2, 0.25) is 0 Å². The van der Waals surface area contributed by atoms with Crippen LogP contribution in [0, 0.1) is 11.3 Å². The average molecular weight is 149 g/mol. The standard InChI is InChI=1S/C5H8N2O.ClH/c6-3-5(8)1-2-7-4-5;/h7-8H,1-2,4H2;1H. The van der Waals surface area contributed by atoms with Crippen LogP contribution in [-0.4, -0.2) is 23.8 Å². The topological polar surface area (TPSA) is 56.0 Å². The van der Waals surface area contributed by atoms with Crippen LogP contribution >= 0.6 is 12.4 Å². The Balaban J connectivity index is 0.000000640. The minimum Gasteiger partial charge on any atom is -0.374 e. The second kappa shape index (κ2) is 3.02. The molecule has 1 saturated heterocycles. The van der Waals surface area contributed by atoms with Gasteiger partial charge in [-0.15, -0.1) is 12.4 Å². The Morgan fingerprint density at radius 1 is 1.67 bits per heavy atom. The number of hydrogen-bond acceptors (Lipinski definition) is 3. The van der Waals surface area contributed by atoms with Crippen LogP contribution in [0.3, 0.4) is 0 Å². The third-order valence-electron chi connectivity index (χ3n) is 1.34. The van der Waals surface area contributed by atoms with Crippen molar-refractivity contribution in [3.8, 4) is 6.07 Å². The number of hydrogen-bond donors (Lipinski definition) is 2. The van der Waals surface area contributed by atoms with Crippen LogP contribution in [0.4, 0.5) is 0 Å². The van der Waals surface area contributed by atoms with Crippen molar-refractivity contribution in [2.75, 3.05) is 13.1 Å². The molecular weight excluding hydrogens is 140 g/mol. The van der Waals surface area contributed by atoms with Crippen LogP contribution < -0.4 is 5.32 Å². The lowest BCUT2D eigenvalue weighted by Gasteiger charge is -2.07. The van der Waals surface area contributed by atoms with Gasteiger partial charge in [0.2, 0.25) is 0 Å². The molecule has 0 aromatic carbocycles. The highest BCUT2D eigenvalue weighted by Gasteiger charge is 2.30. The number of β-amino-alcohol motifs (C(OH)–C–C–N with tert-alkyl or cyclic N) is 1.